The lowest BCUT2D eigenvalue weighted by Crippen LogP contribution is -2.10. The fourth-order valence-corrected chi connectivity index (χ4v) is 1.64. The van der Waals surface area contributed by atoms with Crippen LogP contribution in [0.5, 0.6) is 0 Å². The van der Waals surface area contributed by atoms with E-state index < -0.39 is 0 Å². The Bertz CT molecular complexity index is 486. The number of nitrogens with one attached hydrogen (secondary N) is 2. The summed E-state index contributed by atoms with van der Waals surface area (Å²) in [5.74, 6) is 1.61. The van der Waals surface area contributed by atoms with Crippen LogP contribution in [-0.2, 0) is 0 Å². The molecule has 2 aromatic heterocycles. The molecule has 18 heavy (non-hydrogen) atoms. The molecule has 0 aliphatic heterocycles. The minimum atomic E-state index is 0.107. The lowest BCUT2D eigenvalue weighted by atomic mass is 10.2. The van der Waals surface area contributed by atoms with Crippen LogP contribution in [0.3, 0.4) is 0 Å². The molecule has 0 fully saturated rings. The molecular formula is C13H17N5. The van der Waals surface area contributed by atoms with Crippen LogP contribution in [0.2, 0.25) is 0 Å². The highest BCUT2D eigenvalue weighted by Gasteiger charge is 2.07. The van der Waals surface area contributed by atoms with E-state index in [1.807, 2.05) is 31.2 Å². The first kappa shape index (κ1) is 12.3. The van der Waals surface area contributed by atoms with Crippen molar-refractivity contribution in [3.8, 4) is 0 Å². The Kier molecular flexibility index (Phi) is 4.06. The summed E-state index contributed by atoms with van der Waals surface area (Å²) in [5.41, 5.74) is 0.987. The van der Waals surface area contributed by atoms with Gasteiger partial charge in [-0.25, -0.2) is 9.97 Å². The predicted molar refractivity (Wildman–Crippen MR) is 72.5 cm³/mol. The minimum Gasteiger partial charge on any atom is -0.370 e. The third-order valence-corrected chi connectivity index (χ3v) is 2.52. The van der Waals surface area contributed by atoms with Crippen molar-refractivity contribution >= 4 is 11.6 Å². The van der Waals surface area contributed by atoms with Crippen LogP contribution in [0.1, 0.15) is 25.6 Å². The quantitative estimate of drug-likeness (QED) is 0.844. The van der Waals surface area contributed by atoms with E-state index in [1.165, 1.54) is 0 Å². The highest BCUT2D eigenvalue weighted by atomic mass is 15.1. The van der Waals surface area contributed by atoms with Gasteiger partial charge in [0.15, 0.2) is 0 Å². The van der Waals surface area contributed by atoms with Gasteiger partial charge in [0.2, 0.25) is 0 Å². The van der Waals surface area contributed by atoms with Gasteiger partial charge in [-0.05, 0) is 26.0 Å². The average molecular weight is 243 g/mol. The highest BCUT2D eigenvalue weighted by Crippen LogP contribution is 2.16. The Hall–Kier alpha value is -2.17. The maximum absolute atomic E-state index is 4.31. The van der Waals surface area contributed by atoms with Gasteiger partial charge >= 0.3 is 0 Å². The van der Waals surface area contributed by atoms with Crippen molar-refractivity contribution in [2.24, 2.45) is 0 Å². The largest absolute Gasteiger partial charge is 0.370 e. The van der Waals surface area contributed by atoms with Crippen molar-refractivity contribution in [2.75, 3.05) is 17.2 Å². The zero-order chi connectivity index (χ0) is 12.8. The average Bonchev–Trinajstić information content (AvgIpc) is 2.40. The lowest BCUT2D eigenvalue weighted by molar-refractivity contribution is 0.830. The second-order valence-electron chi connectivity index (χ2n) is 3.94. The number of rotatable bonds is 5. The summed E-state index contributed by atoms with van der Waals surface area (Å²) in [7, 11) is 0. The number of hydrogen-bond donors (Lipinski definition) is 2. The number of nitrogens with zero attached hydrogens (tertiary/aromatic N) is 3. The number of hydrogen-bond acceptors (Lipinski definition) is 5. The molecular weight excluding hydrogens is 226 g/mol. The molecule has 0 amide bonds. The van der Waals surface area contributed by atoms with E-state index in [0.717, 1.165) is 23.9 Å². The van der Waals surface area contributed by atoms with Gasteiger partial charge < -0.3 is 10.6 Å². The second-order valence-corrected chi connectivity index (χ2v) is 3.94. The Morgan fingerprint density at radius 1 is 1.17 bits per heavy atom. The van der Waals surface area contributed by atoms with Crippen LogP contribution in [-0.4, -0.2) is 21.5 Å². The fraction of sp³-hybridized carbons (Fsp3) is 0.308. The van der Waals surface area contributed by atoms with Crippen molar-refractivity contribution in [1.82, 2.24) is 15.0 Å². The molecule has 2 N–H and O–H groups in total. The summed E-state index contributed by atoms with van der Waals surface area (Å²) in [6.45, 7) is 4.93. The van der Waals surface area contributed by atoms with Crippen LogP contribution < -0.4 is 10.6 Å². The van der Waals surface area contributed by atoms with Crippen LogP contribution >= 0.6 is 0 Å². The molecule has 0 aliphatic rings. The maximum atomic E-state index is 4.31. The van der Waals surface area contributed by atoms with Gasteiger partial charge in [0.25, 0.3) is 0 Å². The molecule has 2 heterocycles. The van der Waals surface area contributed by atoms with Crippen molar-refractivity contribution in [3.63, 3.8) is 0 Å². The summed E-state index contributed by atoms with van der Waals surface area (Å²) in [4.78, 5) is 12.6. The Morgan fingerprint density at radius 3 is 2.72 bits per heavy atom. The third-order valence-electron chi connectivity index (χ3n) is 2.52. The monoisotopic (exact) mass is 243 g/mol. The first-order chi connectivity index (χ1) is 8.79. The standard InChI is InChI=1S/C13H17N5/c1-3-14-12-8-13(17-9-16-12)18-10(2)11-6-4-5-7-15-11/h4-10H,3H2,1-2H3,(H2,14,16,17,18). The Morgan fingerprint density at radius 2 is 2.00 bits per heavy atom. The summed E-state index contributed by atoms with van der Waals surface area (Å²) < 4.78 is 0. The molecule has 1 atom stereocenters. The van der Waals surface area contributed by atoms with Gasteiger partial charge in [-0.15, -0.1) is 0 Å². The molecule has 2 aromatic rings. The molecule has 94 valence electrons. The molecule has 0 spiro atoms. The first-order valence-electron chi connectivity index (χ1n) is 6.03. The molecule has 1 unspecified atom stereocenters. The molecule has 0 saturated carbocycles. The summed E-state index contributed by atoms with van der Waals surface area (Å²) in [6, 6.07) is 7.87. The molecule has 0 radical (unpaired) electrons. The van der Waals surface area contributed by atoms with E-state index in [9.17, 15) is 0 Å². The molecule has 0 saturated heterocycles. The number of aromatic nitrogens is 3. The van der Waals surface area contributed by atoms with E-state index in [1.54, 1.807) is 12.5 Å². The second kappa shape index (κ2) is 5.95. The minimum absolute atomic E-state index is 0.107. The molecule has 0 aromatic carbocycles. The molecule has 0 aliphatic carbocycles. The summed E-state index contributed by atoms with van der Waals surface area (Å²) in [6.07, 6.45) is 3.34. The van der Waals surface area contributed by atoms with E-state index in [-0.39, 0.29) is 6.04 Å². The van der Waals surface area contributed by atoms with Crippen LogP contribution in [0, 0.1) is 0 Å². The van der Waals surface area contributed by atoms with Gasteiger partial charge in [0.05, 0.1) is 11.7 Å². The van der Waals surface area contributed by atoms with Gasteiger partial charge in [0.1, 0.15) is 18.0 Å². The fourth-order valence-electron chi connectivity index (χ4n) is 1.64. The highest BCUT2D eigenvalue weighted by molar-refractivity contribution is 5.47. The van der Waals surface area contributed by atoms with E-state index in [0.29, 0.717) is 0 Å². The van der Waals surface area contributed by atoms with Crippen molar-refractivity contribution in [2.45, 2.75) is 19.9 Å². The first-order valence-corrected chi connectivity index (χ1v) is 6.03. The molecule has 2 rings (SSSR count). The number of pyridine rings is 1. The van der Waals surface area contributed by atoms with Gasteiger partial charge in [-0.1, -0.05) is 6.07 Å². The van der Waals surface area contributed by atoms with Crippen molar-refractivity contribution in [1.29, 1.82) is 0 Å². The van der Waals surface area contributed by atoms with Crippen molar-refractivity contribution < 1.29 is 0 Å². The normalized spacial score (nSPS) is 11.9. The van der Waals surface area contributed by atoms with Gasteiger partial charge in [-0.2, -0.15) is 0 Å². The SMILES string of the molecule is CCNc1cc(NC(C)c2ccccn2)ncn1. The zero-order valence-corrected chi connectivity index (χ0v) is 10.6. The van der Waals surface area contributed by atoms with Crippen LogP contribution in [0.25, 0.3) is 0 Å². The smallest absolute Gasteiger partial charge is 0.131 e. The topological polar surface area (TPSA) is 62.7 Å². The van der Waals surface area contributed by atoms with E-state index in [2.05, 4.69) is 32.5 Å². The zero-order valence-electron chi connectivity index (χ0n) is 10.6. The van der Waals surface area contributed by atoms with Crippen LogP contribution in [0.4, 0.5) is 11.6 Å². The third kappa shape index (κ3) is 3.16. The Balaban J connectivity index is 2.07. The van der Waals surface area contributed by atoms with E-state index >= 15 is 0 Å². The number of anilines is 2. The molecule has 5 heteroatoms. The summed E-state index contributed by atoms with van der Waals surface area (Å²) >= 11 is 0. The molecule has 5 nitrogen and oxygen atoms in total. The van der Waals surface area contributed by atoms with Crippen LogP contribution in [0.15, 0.2) is 36.8 Å². The summed E-state index contributed by atoms with van der Waals surface area (Å²) in [5, 5.41) is 6.46. The van der Waals surface area contributed by atoms with Gasteiger partial charge in [0, 0.05) is 18.8 Å². The molecule has 0 bridgehead atoms. The maximum Gasteiger partial charge on any atom is 0.131 e. The lowest BCUT2D eigenvalue weighted by Gasteiger charge is -2.14. The Labute approximate surface area is 107 Å². The van der Waals surface area contributed by atoms with Gasteiger partial charge in [-0.3, -0.25) is 4.98 Å². The van der Waals surface area contributed by atoms with E-state index in [4.69, 9.17) is 0 Å². The van der Waals surface area contributed by atoms with Crippen molar-refractivity contribution in [3.05, 3.63) is 42.5 Å². The predicted octanol–water partition coefficient (Wildman–Crippen LogP) is 2.48.